The molecule has 0 radical (unpaired) electrons. The Labute approximate surface area is 164 Å². The van der Waals surface area contributed by atoms with E-state index in [1.165, 1.54) is 5.56 Å². The molecule has 0 atom stereocenters. The highest BCUT2D eigenvalue weighted by atomic mass is 16.5. The van der Waals surface area contributed by atoms with Gasteiger partial charge in [-0.1, -0.05) is 54.6 Å². The van der Waals surface area contributed by atoms with Gasteiger partial charge >= 0.3 is 0 Å². The van der Waals surface area contributed by atoms with Crippen molar-refractivity contribution in [1.29, 1.82) is 0 Å². The van der Waals surface area contributed by atoms with E-state index in [1.807, 2.05) is 60.7 Å². The van der Waals surface area contributed by atoms with Crippen LogP contribution in [0.25, 0.3) is 11.5 Å². The molecule has 0 aliphatic heterocycles. The number of rotatable bonds is 7. The van der Waals surface area contributed by atoms with Gasteiger partial charge in [0.2, 0.25) is 11.8 Å². The number of para-hydroxylation sites is 1. The average Bonchev–Trinajstić information content (AvgIpc) is 3.23. The predicted octanol–water partition coefficient (Wildman–Crippen LogP) is 4.95. The molecular formula is C23H21N3O2. The molecule has 0 aliphatic rings. The molecule has 0 spiro atoms. The van der Waals surface area contributed by atoms with E-state index < -0.39 is 0 Å². The molecule has 28 heavy (non-hydrogen) atoms. The number of benzene rings is 3. The lowest BCUT2D eigenvalue weighted by molar-refractivity contribution is 0.414. The van der Waals surface area contributed by atoms with Gasteiger partial charge in [0, 0.05) is 17.8 Å². The molecule has 4 aromatic rings. The van der Waals surface area contributed by atoms with E-state index in [9.17, 15) is 0 Å². The molecule has 1 aromatic heterocycles. The highest BCUT2D eigenvalue weighted by Crippen LogP contribution is 2.24. The molecule has 4 rings (SSSR count). The molecule has 5 heteroatoms. The van der Waals surface area contributed by atoms with Gasteiger partial charge < -0.3 is 14.1 Å². The van der Waals surface area contributed by atoms with Crippen LogP contribution in [-0.2, 0) is 13.1 Å². The zero-order valence-electron chi connectivity index (χ0n) is 15.7. The lowest BCUT2D eigenvalue weighted by Crippen LogP contribution is -2.22. The second-order valence-electron chi connectivity index (χ2n) is 6.41. The van der Waals surface area contributed by atoms with Gasteiger partial charge in [0.1, 0.15) is 5.75 Å². The largest absolute Gasteiger partial charge is 0.497 e. The standard InChI is InChI=1S/C23H21N3O2/c1-27-21-14-8-11-19(15-21)23-25-24-22(28-23)17-26(20-12-6-3-7-13-20)16-18-9-4-2-5-10-18/h2-15H,16-17H2,1H3. The molecule has 0 amide bonds. The zero-order chi connectivity index (χ0) is 19.2. The number of nitrogens with zero attached hydrogens (tertiary/aromatic N) is 3. The summed E-state index contributed by atoms with van der Waals surface area (Å²) < 4.78 is 11.2. The van der Waals surface area contributed by atoms with E-state index in [0.717, 1.165) is 23.5 Å². The van der Waals surface area contributed by atoms with Crippen LogP contribution in [0.5, 0.6) is 5.75 Å². The molecule has 0 saturated carbocycles. The molecule has 0 N–H and O–H groups in total. The van der Waals surface area contributed by atoms with E-state index in [1.54, 1.807) is 7.11 Å². The number of ether oxygens (including phenoxy) is 1. The van der Waals surface area contributed by atoms with E-state index in [0.29, 0.717) is 18.3 Å². The Morgan fingerprint density at radius 2 is 1.57 bits per heavy atom. The molecular weight excluding hydrogens is 350 g/mol. The monoisotopic (exact) mass is 371 g/mol. The molecule has 5 nitrogen and oxygen atoms in total. The molecule has 140 valence electrons. The van der Waals surface area contributed by atoms with Crippen LogP contribution in [0.3, 0.4) is 0 Å². The zero-order valence-corrected chi connectivity index (χ0v) is 15.7. The van der Waals surface area contributed by atoms with E-state index in [2.05, 4.69) is 39.4 Å². The number of anilines is 1. The normalized spacial score (nSPS) is 10.6. The molecule has 0 aliphatic carbocycles. The van der Waals surface area contributed by atoms with Gasteiger partial charge in [0.15, 0.2) is 0 Å². The maximum Gasteiger partial charge on any atom is 0.247 e. The molecule has 0 saturated heterocycles. The van der Waals surface area contributed by atoms with E-state index in [-0.39, 0.29) is 0 Å². The van der Waals surface area contributed by atoms with Gasteiger partial charge in [-0.25, -0.2) is 0 Å². The van der Waals surface area contributed by atoms with Gasteiger partial charge in [0.25, 0.3) is 0 Å². The van der Waals surface area contributed by atoms with Crippen LogP contribution in [0.1, 0.15) is 11.5 Å². The van der Waals surface area contributed by atoms with E-state index >= 15 is 0 Å². The van der Waals surface area contributed by atoms with Gasteiger partial charge in [-0.2, -0.15) is 0 Å². The molecule has 0 fully saturated rings. The summed E-state index contributed by atoms with van der Waals surface area (Å²) in [6.07, 6.45) is 0. The van der Waals surface area contributed by atoms with Gasteiger partial charge in [-0.15, -0.1) is 10.2 Å². The van der Waals surface area contributed by atoms with Crippen LogP contribution in [-0.4, -0.2) is 17.3 Å². The first-order valence-corrected chi connectivity index (χ1v) is 9.12. The van der Waals surface area contributed by atoms with Crippen molar-refractivity contribution in [2.75, 3.05) is 12.0 Å². The van der Waals surface area contributed by atoms with E-state index in [4.69, 9.17) is 9.15 Å². The number of methoxy groups -OCH3 is 1. The highest BCUT2D eigenvalue weighted by molar-refractivity contribution is 5.55. The minimum Gasteiger partial charge on any atom is -0.497 e. The molecule has 3 aromatic carbocycles. The smallest absolute Gasteiger partial charge is 0.247 e. The van der Waals surface area contributed by atoms with Crippen molar-refractivity contribution in [3.8, 4) is 17.2 Å². The summed E-state index contributed by atoms with van der Waals surface area (Å²) in [7, 11) is 1.64. The quantitative estimate of drug-likeness (QED) is 0.460. The molecule has 0 unspecified atom stereocenters. The third-order valence-electron chi connectivity index (χ3n) is 4.45. The van der Waals surface area contributed by atoms with Crippen LogP contribution in [0.2, 0.25) is 0 Å². The van der Waals surface area contributed by atoms with Gasteiger partial charge in [0.05, 0.1) is 13.7 Å². The second kappa shape index (κ2) is 8.39. The van der Waals surface area contributed by atoms with Crippen molar-refractivity contribution in [2.45, 2.75) is 13.1 Å². The van der Waals surface area contributed by atoms with Crippen LogP contribution in [0.15, 0.2) is 89.3 Å². The SMILES string of the molecule is COc1cccc(-c2nnc(CN(Cc3ccccc3)c3ccccc3)o2)c1. The fraction of sp³-hybridized carbons (Fsp3) is 0.130. The Kier molecular flexibility index (Phi) is 5.33. The minimum absolute atomic E-state index is 0.488. The van der Waals surface area contributed by atoms with Crippen molar-refractivity contribution in [3.63, 3.8) is 0 Å². The summed E-state index contributed by atoms with van der Waals surface area (Å²) in [4.78, 5) is 2.22. The Bertz CT molecular complexity index is 1020. The summed E-state index contributed by atoms with van der Waals surface area (Å²) >= 11 is 0. The predicted molar refractivity (Wildman–Crippen MR) is 109 cm³/mol. The number of hydrogen-bond donors (Lipinski definition) is 0. The van der Waals surface area contributed by atoms with Crippen LogP contribution < -0.4 is 9.64 Å². The fourth-order valence-electron chi connectivity index (χ4n) is 3.03. The first-order valence-electron chi connectivity index (χ1n) is 9.12. The van der Waals surface area contributed by atoms with Crippen LogP contribution >= 0.6 is 0 Å². The van der Waals surface area contributed by atoms with Crippen molar-refractivity contribution < 1.29 is 9.15 Å². The van der Waals surface area contributed by atoms with Crippen molar-refractivity contribution in [3.05, 3.63) is 96.4 Å². The maximum atomic E-state index is 5.94. The van der Waals surface area contributed by atoms with Crippen LogP contribution in [0.4, 0.5) is 5.69 Å². The Morgan fingerprint density at radius 1 is 0.821 bits per heavy atom. The molecule has 0 bridgehead atoms. The third-order valence-corrected chi connectivity index (χ3v) is 4.45. The lowest BCUT2D eigenvalue weighted by atomic mass is 10.2. The third kappa shape index (κ3) is 4.20. The average molecular weight is 371 g/mol. The summed E-state index contributed by atoms with van der Waals surface area (Å²) in [5, 5.41) is 8.47. The Hall–Kier alpha value is -3.60. The Balaban J connectivity index is 1.58. The van der Waals surface area contributed by atoms with Crippen molar-refractivity contribution in [2.24, 2.45) is 0 Å². The topological polar surface area (TPSA) is 51.4 Å². The van der Waals surface area contributed by atoms with Crippen molar-refractivity contribution in [1.82, 2.24) is 10.2 Å². The summed E-state index contributed by atoms with van der Waals surface area (Å²) in [6, 6.07) is 28.2. The highest BCUT2D eigenvalue weighted by Gasteiger charge is 2.14. The number of aromatic nitrogens is 2. The summed E-state index contributed by atoms with van der Waals surface area (Å²) in [5.74, 6) is 1.81. The fourth-order valence-corrected chi connectivity index (χ4v) is 3.03. The first kappa shape index (κ1) is 17.8. The van der Waals surface area contributed by atoms with Crippen LogP contribution in [0, 0.1) is 0 Å². The number of hydrogen-bond acceptors (Lipinski definition) is 5. The Morgan fingerprint density at radius 3 is 2.32 bits per heavy atom. The molecule has 1 heterocycles. The summed E-state index contributed by atoms with van der Waals surface area (Å²) in [5.41, 5.74) is 3.17. The van der Waals surface area contributed by atoms with Gasteiger partial charge in [-0.3, -0.25) is 0 Å². The van der Waals surface area contributed by atoms with Gasteiger partial charge in [-0.05, 0) is 35.9 Å². The minimum atomic E-state index is 0.488. The summed E-state index contributed by atoms with van der Waals surface area (Å²) in [6.45, 7) is 1.28. The second-order valence-corrected chi connectivity index (χ2v) is 6.41. The van der Waals surface area contributed by atoms with Crippen molar-refractivity contribution >= 4 is 5.69 Å². The lowest BCUT2D eigenvalue weighted by Gasteiger charge is -2.23. The maximum absolute atomic E-state index is 5.94. The first-order chi connectivity index (χ1) is 13.8.